The summed E-state index contributed by atoms with van der Waals surface area (Å²) in [6.45, 7) is 0. The van der Waals surface area contributed by atoms with Gasteiger partial charge in [0.2, 0.25) is 0 Å². The standard InChI is InChI=1S/C14H14SSe/c1-3-7-13(8-4-1)15-11-12-16-14-9-5-2-6-10-14/h1-10H,11-12H2. The van der Waals surface area contributed by atoms with Gasteiger partial charge in [-0.15, -0.1) is 0 Å². The maximum atomic E-state index is 2.23. The molecule has 82 valence electrons. The van der Waals surface area contributed by atoms with Crippen LogP contribution < -0.4 is 4.46 Å². The monoisotopic (exact) mass is 294 g/mol. The third-order valence-electron chi connectivity index (χ3n) is 2.11. The summed E-state index contributed by atoms with van der Waals surface area (Å²) in [6, 6.07) is 21.4. The van der Waals surface area contributed by atoms with Gasteiger partial charge >= 0.3 is 108 Å². The average Bonchev–Trinajstić information content (AvgIpc) is 2.37. The zero-order valence-corrected chi connectivity index (χ0v) is 11.5. The van der Waals surface area contributed by atoms with E-state index >= 15 is 0 Å². The van der Waals surface area contributed by atoms with E-state index < -0.39 is 0 Å². The van der Waals surface area contributed by atoms with E-state index in [-0.39, 0.29) is 0 Å². The van der Waals surface area contributed by atoms with Gasteiger partial charge in [-0.25, -0.2) is 0 Å². The topological polar surface area (TPSA) is 0 Å². The molecule has 0 nitrogen and oxygen atoms in total. The van der Waals surface area contributed by atoms with Crippen molar-refractivity contribution >= 4 is 31.2 Å². The molecule has 0 radical (unpaired) electrons. The van der Waals surface area contributed by atoms with Crippen LogP contribution in [0.1, 0.15) is 0 Å². The molecule has 2 aromatic carbocycles. The van der Waals surface area contributed by atoms with Crippen molar-refractivity contribution < 1.29 is 0 Å². The van der Waals surface area contributed by atoms with Gasteiger partial charge in [-0.2, -0.15) is 0 Å². The van der Waals surface area contributed by atoms with Crippen LogP contribution in [0.3, 0.4) is 0 Å². The Bertz CT molecular complexity index is 358. The zero-order chi connectivity index (χ0) is 11.1. The van der Waals surface area contributed by atoms with E-state index in [4.69, 9.17) is 0 Å². The van der Waals surface area contributed by atoms with Gasteiger partial charge in [0.05, 0.1) is 0 Å². The van der Waals surface area contributed by atoms with E-state index in [9.17, 15) is 0 Å². The summed E-state index contributed by atoms with van der Waals surface area (Å²) in [5, 5.41) is 1.30. The first kappa shape index (κ1) is 11.8. The second-order valence-corrected chi connectivity index (χ2v) is 6.94. The summed E-state index contributed by atoms with van der Waals surface area (Å²) in [5.41, 5.74) is 0. The summed E-state index contributed by atoms with van der Waals surface area (Å²) in [7, 11) is 0. The van der Waals surface area contributed by atoms with Crippen molar-refractivity contribution in [3.63, 3.8) is 0 Å². The molecule has 0 fully saturated rings. The predicted molar refractivity (Wildman–Crippen MR) is 73.8 cm³/mol. The molecule has 16 heavy (non-hydrogen) atoms. The first-order chi connectivity index (χ1) is 7.95. The summed E-state index contributed by atoms with van der Waals surface area (Å²) < 4.78 is 1.50. The number of benzene rings is 2. The van der Waals surface area contributed by atoms with Crippen LogP contribution in [0, 0.1) is 0 Å². The Balaban J connectivity index is 1.70. The van der Waals surface area contributed by atoms with Crippen LogP contribution in [0.15, 0.2) is 65.6 Å². The molecule has 0 unspecified atom stereocenters. The van der Waals surface area contributed by atoms with Gasteiger partial charge in [0.25, 0.3) is 0 Å². The van der Waals surface area contributed by atoms with Crippen LogP contribution in [0.2, 0.25) is 5.32 Å². The molecule has 0 bridgehead atoms. The molecule has 0 heterocycles. The van der Waals surface area contributed by atoms with E-state index in [0.717, 1.165) is 0 Å². The first-order valence-corrected chi connectivity index (χ1v) is 8.36. The minimum absolute atomic E-state index is 0.628. The molecule has 0 aliphatic carbocycles. The fourth-order valence-electron chi connectivity index (χ4n) is 1.35. The summed E-state index contributed by atoms with van der Waals surface area (Å²) in [5.74, 6) is 1.22. The fraction of sp³-hybridized carbons (Fsp3) is 0.143. The Morgan fingerprint density at radius 3 is 2.12 bits per heavy atom. The molecule has 0 N–H and O–H groups in total. The normalized spacial score (nSPS) is 10.2. The van der Waals surface area contributed by atoms with Gasteiger partial charge in [0, 0.05) is 0 Å². The molecule has 2 rings (SSSR count). The van der Waals surface area contributed by atoms with Crippen molar-refractivity contribution in [2.75, 3.05) is 5.75 Å². The molecule has 2 aromatic rings. The van der Waals surface area contributed by atoms with E-state index in [1.807, 2.05) is 11.8 Å². The molecule has 0 aliphatic heterocycles. The van der Waals surface area contributed by atoms with Crippen molar-refractivity contribution in [3.05, 3.63) is 60.7 Å². The van der Waals surface area contributed by atoms with Gasteiger partial charge in [0.15, 0.2) is 0 Å². The quantitative estimate of drug-likeness (QED) is 0.463. The SMILES string of the molecule is c1ccc(SCC[Se]c2ccccc2)cc1. The molecule has 0 spiro atoms. The molecule has 0 amide bonds. The fourth-order valence-corrected chi connectivity index (χ4v) is 4.38. The molecule has 0 atom stereocenters. The second-order valence-electron chi connectivity index (χ2n) is 3.32. The van der Waals surface area contributed by atoms with Crippen LogP contribution in [0.4, 0.5) is 0 Å². The predicted octanol–water partition coefficient (Wildman–Crippen LogP) is 3.23. The molecule has 0 saturated carbocycles. The van der Waals surface area contributed by atoms with Gasteiger partial charge in [-0.1, -0.05) is 0 Å². The second kappa shape index (κ2) is 6.80. The van der Waals surface area contributed by atoms with Crippen LogP contribution in [-0.2, 0) is 0 Å². The van der Waals surface area contributed by atoms with Crippen LogP contribution in [0.25, 0.3) is 0 Å². The Morgan fingerprint density at radius 2 is 1.44 bits per heavy atom. The van der Waals surface area contributed by atoms with E-state index in [0.29, 0.717) is 15.0 Å². The number of thioether (sulfide) groups is 1. The van der Waals surface area contributed by atoms with Gasteiger partial charge < -0.3 is 0 Å². The Kier molecular flexibility index (Phi) is 5.01. The maximum absolute atomic E-state index is 2.23. The Labute approximate surface area is 108 Å². The zero-order valence-electron chi connectivity index (χ0n) is 9.00. The third-order valence-corrected chi connectivity index (χ3v) is 5.83. The molecular formula is C14H14SSe. The summed E-state index contributed by atoms with van der Waals surface area (Å²) in [6.07, 6.45) is 0. The average molecular weight is 293 g/mol. The number of hydrogen-bond donors (Lipinski definition) is 0. The number of hydrogen-bond acceptors (Lipinski definition) is 1. The van der Waals surface area contributed by atoms with Crippen LogP contribution >= 0.6 is 11.8 Å². The van der Waals surface area contributed by atoms with E-state index in [2.05, 4.69) is 60.7 Å². The van der Waals surface area contributed by atoms with Gasteiger partial charge in [-0.05, 0) is 0 Å². The summed E-state index contributed by atoms with van der Waals surface area (Å²) in [4.78, 5) is 1.38. The van der Waals surface area contributed by atoms with Crippen LogP contribution in [-0.4, -0.2) is 20.7 Å². The van der Waals surface area contributed by atoms with Crippen molar-refractivity contribution in [2.24, 2.45) is 0 Å². The Hall–Kier alpha value is -0.691. The van der Waals surface area contributed by atoms with Gasteiger partial charge in [0.1, 0.15) is 0 Å². The molecule has 0 saturated heterocycles. The summed E-state index contributed by atoms with van der Waals surface area (Å²) >= 11 is 2.58. The van der Waals surface area contributed by atoms with E-state index in [1.54, 1.807) is 0 Å². The van der Waals surface area contributed by atoms with Gasteiger partial charge in [-0.3, -0.25) is 0 Å². The molecule has 0 aliphatic rings. The van der Waals surface area contributed by atoms with E-state index in [1.165, 1.54) is 20.4 Å². The van der Waals surface area contributed by atoms with Crippen molar-refractivity contribution in [1.82, 2.24) is 0 Å². The van der Waals surface area contributed by atoms with Crippen LogP contribution in [0.5, 0.6) is 0 Å². The first-order valence-electron chi connectivity index (χ1n) is 5.31. The Morgan fingerprint density at radius 1 is 0.812 bits per heavy atom. The number of rotatable bonds is 5. The molecular weight excluding hydrogens is 279 g/mol. The molecule has 2 heteroatoms. The molecule has 0 aromatic heterocycles. The van der Waals surface area contributed by atoms with Crippen molar-refractivity contribution in [1.29, 1.82) is 0 Å². The minimum atomic E-state index is 0.628. The third kappa shape index (κ3) is 4.05. The van der Waals surface area contributed by atoms with Crippen molar-refractivity contribution in [2.45, 2.75) is 10.2 Å². The van der Waals surface area contributed by atoms with Crippen molar-refractivity contribution in [3.8, 4) is 0 Å².